The lowest BCUT2D eigenvalue weighted by Crippen LogP contribution is -2.36. The number of hydrogen-bond donors (Lipinski definition) is 2. The van der Waals surface area contributed by atoms with Crippen molar-refractivity contribution in [2.75, 3.05) is 24.6 Å². The Morgan fingerprint density at radius 3 is 2.84 bits per heavy atom. The summed E-state index contributed by atoms with van der Waals surface area (Å²) in [4.78, 5) is 11.9. The highest BCUT2D eigenvalue weighted by atomic mass is 32.2. The number of amides is 1. The second-order valence-corrected chi connectivity index (χ2v) is 5.87. The molecule has 2 rings (SSSR count). The van der Waals surface area contributed by atoms with E-state index in [1.165, 1.54) is 6.42 Å². The maximum absolute atomic E-state index is 11.9. The van der Waals surface area contributed by atoms with E-state index in [1.54, 1.807) is 23.9 Å². The molecule has 0 radical (unpaired) electrons. The molecule has 1 unspecified atom stereocenters. The van der Waals surface area contributed by atoms with E-state index in [9.17, 15) is 4.79 Å². The summed E-state index contributed by atoms with van der Waals surface area (Å²) in [6.07, 6.45) is 3.39. The highest BCUT2D eigenvalue weighted by Crippen LogP contribution is 2.24. The molecule has 19 heavy (non-hydrogen) atoms. The molecule has 1 amide bonds. The number of thioether (sulfide) groups is 1. The number of nitrogens with two attached hydrogens (primary N) is 1. The Kier molecular flexibility index (Phi) is 5.39. The van der Waals surface area contributed by atoms with Crippen LogP contribution in [0.3, 0.4) is 0 Å². The molecule has 1 aromatic carbocycles. The summed E-state index contributed by atoms with van der Waals surface area (Å²) in [7, 11) is 0. The minimum absolute atomic E-state index is 0.130. The molecule has 0 aliphatic carbocycles. The fraction of sp³-hybridized carbons (Fsp3) is 0.500. The summed E-state index contributed by atoms with van der Waals surface area (Å²) in [6.45, 7) is 1.02. The van der Waals surface area contributed by atoms with E-state index in [0.29, 0.717) is 13.2 Å². The molecule has 1 heterocycles. The Morgan fingerprint density at radius 2 is 2.16 bits per heavy atom. The molecule has 1 aliphatic rings. The molecular weight excluding hydrogens is 260 g/mol. The van der Waals surface area contributed by atoms with Crippen molar-refractivity contribution < 1.29 is 9.53 Å². The lowest BCUT2D eigenvalue weighted by molar-refractivity contribution is -0.120. The molecule has 104 valence electrons. The van der Waals surface area contributed by atoms with Gasteiger partial charge in [0.1, 0.15) is 12.4 Å². The number of nitrogen functional groups attached to an aromatic ring is 1. The number of carbonyl (C=O) groups is 1. The van der Waals surface area contributed by atoms with Crippen LogP contribution in [0.15, 0.2) is 24.3 Å². The van der Waals surface area contributed by atoms with Gasteiger partial charge in [0, 0.05) is 5.69 Å². The maximum atomic E-state index is 11.9. The van der Waals surface area contributed by atoms with E-state index in [4.69, 9.17) is 10.5 Å². The van der Waals surface area contributed by atoms with Gasteiger partial charge in [0.05, 0.1) is 11.8 Å². The van der Waals surface area contributed by atoms with Crippen molar-refractivity contribution in [3.8, 4) is 5.75 Å². The van der Waals surface area contributed by atoms with Crippen molar-refractivity contribution in [3.05, 3.63) is 24.3 Å². The summed E-state index contributed by atoms with van der Waals surface area (Å²) in [6, 6.07) is 7.25. The molecule has 4 nitrogen and oxygen atoms in total. The predicted molar refractivity (Wildman–Crippen MR) is 79.5 cm³/mol. The van der Waals surface area contributed by atoms with Gasteiger partial charge < -0.3 is 15.8 Å². The molecule has 1 atom stereocenters. The summed E-state index contributed by atoms with van der Waals surface area (Å²) in [5, 5.41) is 3.05. The van der Waals surface area contributed by atoms with E-state index >= 15 is 0 Å². The van der Waals surface area contributed by atoms with Gasteiger partial charge in [-0.1, -0.05) is 6.42 Å². The lowest BCUT2D eigenvalue weighted by Gasteiger charge is -2.20. The van der Waals surface area contributed by atoms with Crippen LogP contribution >= 0.6 is 11.8 Å². The number of carbonyl (C=O) groups excluding carboxylic acids is 1. The van der Waals surface area contributed by atoms with Crippen molar-refractivity contribution in [3.63, 3.8) is 0 Å². The monoisotopic (exact) mass is 280 g/mol. The average molecular weight is 280 g/mol. The fourth-order valence-corrected chi connectivity index (χ4v) is 3.19. The average Bonchev–Trinajstić information content (AvgIpc) is 2.46. The highest BCUT2D eigenvalue weighted by Gasteiger charge is 2.20. The molecule has 1 aliphatic heterocycles. The van der Waals surface area contributed by atoms with Crippen LogP contribution in [0.5, 0.6) is 5.75 Å². The first-order valence-electron chi connectivity index (χ1n) is 6.63. The van der Waals surface area contributed by atoms with E-state index < -0.39 is 0 Å². The van der Waals surface area contributed by atoms with Gasteiger partial charge in [0.25, 0.3) is 0 Å². The first-order chi connectivity index (χ1) is 9.25. The topological polar surface area (TPSA) is 64.3 Å². The van der Waals surface area contributed by atoms with Gasteiger partial charge in [-0.3, -0.25) is 4.79 Å². The third-order valence-electron chi connectivity index (χ3n) is 3.02. The SMILES string of the molecule is Nc1ccc(OCCNC(=O)C2CCCCS2)cc1. The summed E-state index contributed by atoms with van der Waals surface area (Å²) >= 11 is 1.76. The van der Waals surface area contributed by atoms with Crippen LogP contribution in [0.25, 0.3) is 0 Å². The van der Waals surface area contributed by atoms with Crippen molar-refractivity contribution in [1.29, 1.82) is 0 Å². The van der Waals surface area contributed by atoms with Crippen molar-refractivity contribution in [2.45, 2.75) is 24.5 Å². The number of benzene rings is 1. The van der Waals surface area contributed by atoms with Gasteiger partial charge in [-0.15, -0.1) is 11.8 Å². The Labute approximate surface area is 118 Å². The van der Waals surface area contributed by atoms with Gasteiger partial charge >= 0.3 is 0 Å². The first kappa shape index (κ1) is 14.1. The molecule has 0 spiro atoms. The minimum atomic E-state index is 0.130. The Hall–Kier alpha value is -1.36. The zero-order valence-corrected chi connectivity index (χ0v) is 11.7. The molecule has 1 saturated heterocycles. The van der Waals surface area contributed by atoms with Crippen molar-refractivity contribution >= 4 is 23.4 Å². The quantitative estimate of drug-likeness (QED) is 0.640. The summed E-state index contributed by atoms with van der Waals surface area (Å²) < 4.78 is 5.52. The van der Waals surface area contributed by atoms with Crippen LogP contribution in [0.2, 0.25) is 0 Å². The van der Waals surface area contributed by atoms with Crippen LogP contribution in [-0.2, 0) is 4.79 Å². The number of ether oxygens (including phenoxy) is 1. The molecule has 5 heteroatoms. The normalized spacial score (nSPS) is 18.8. The van der Waals surface area contributed by atoms with E-state index in [1.807, 2.05) is 12.1 Å². The van der Waals surface area contributed by atoms with Gasteiger partial charge in [-0.05, 0) is 42.9 Å². The van der Waals surface area contributed by atoms with Crippen LogP contribution in [0.1, 0.15) is 19.3 Å². The summed E-state index contributed by atoms with van der Waals surface area (Å²) in [5.41, 5.74) is 6.31. The third kappa shape index (κ3) is 4.67. The van der Waals surface area contributed by atoms with E-state index in [2.05, 4.69) is 5.32 Å². The third-order valence-corrected chi connectivity index (χ3v) is 4.40. The number of hydrogen-bond acceptors (Lipinski definition) is 4. The van der Waals surface area contributed by atoms with Gasteiger partial charge in [-0.25, -0.2) is 0 Å². The number of rotatable bonds is 5. The second-order valence-electron chi connectivity index (χ2n) is 4.56. The lowest BCUT2D eigenvalue weighted by atomic mass is 10.2. The fourth-order valence-electron chi connectivity index (χ4n) is 1.97. The Bertz CT molecular complexity index is 402. The molecule has 0 saturated carbocycles. The molecule has 1 fully saturated rings. The van der Waals surface area contributed by atoms with Crippen LogP contribution in [0.4, 0.5) is 5.69 Å². The predicted octanol–water partition coefficient (Wildman–Crippen LogP) is 2.05. The highest BCUT2D eigenvalue weighted by molar-refractivity contribution is 8.00. The smallest absolute Gasteiger partial charge is 0.233 e. The first-order valence-corrected chi connectivity index (χ1v) is 7.68. The van der Waals surface area contributed by atoms with E-state index in [-0.39, 0.29) is 11.2 Å². The van der Waals surface area contributed by atoms with E-state index in [0.717, 1.165) is 30.0 Å². The zero-order chi connectivity index (χ0) is 13.5. The van der Waals surface area contributed by atoms with Gasteiger partial charge in [-0.2, -0.15) is 0 Å². The van der Waals surface area contributed by atoms with Crippen LogP contribution in [0, 0.1) is 0 Å². The van der Waals surface area contributed by atoms with Crippen LogP contribution < -0.4 is 15.8 Å². The maximum Gasteiger partial charge on any atom is 0.233 e. The molecule has 3 N–H and O–H groups in total. The van der Waals surface area contributed by atoms with Crippen molar-refractivity contribution in [1.82, 2.24) is 5.32 Å². The molecule has 1 aromatic rings. The van der Waals surface area contributed by atoms with Gasteiger partial charge in [0.15, 0.2) is 0 Å². The van der Waals surface area contributed by atoms with Crippen LogP contribution in [-0.4, -0.2) is 30.1 Å². The second kappa shape index (κ2) is 7.28. The number of anilines is 1. The Balaban J connectivity index is 1.63. The zero-order valence-electron chi connectivity index (χ0n) is 10.9. The van der Waals surface area contributed by atoms with Crippen molar-refractivity contribution in [2.24, 2.45) is 0 Å². The van der Waals surface area contributed by atoms with Gasteiger partial charge in [0.2, 0.25) is 5.91 Å². The molecule has 0 aromatic heterocycles. The molecular formula is C14H20N2O2S. The number of nitrogens with one attached hydrogen (secondary N) is 1. The largest absolute Gasteiger partial charge is 0.492 e. The summed E-state index contributed by atoms with van der Waals surface area (Å²) in [5.74, 6) is 2.01. The minimum Gasteiger partial charge on any atom is -0.492 e. The Morgan fingerprint density at radius 1 is 1.37 bits per heavy atom. The molecule has 0 bridgehead atoms. The standard InChI is InChI=1S/C14H20N2O2S/c15-11-4-6-12(7-5-11)18-9-8-16-14(17)13-3-1-2-10-19-13/h4-7,13H,1-3,8-10,15H2,(H,16,17).